The van der Waals surface area contributed by atoms with Gasteiger partial charge in [-0.25, -0.2) is 0 Å². The van der Waals surface area contributed by atoms with Crippen LogP contribution in [-0.2, 0) is 0 Å². The molecule has 1 unspecified atom stereocenters. The quantitative estimate of drug-likeness (QED) is 0.571. The maximum Gasteiger partial charge on any atom is 0.261 e. The fourth-order valence-corrected chi connectivity index (χ4v) is 1.67. The van der Waals surface area contributed by atoms with Gasteiger partial charge in [-0.15, -0.1) is 0 Å². The van der Waals surface area contributed by atoms with Gasteiger partial charge in [0.15, 0.2) is 0 Å². The molecule has 0 aliphatic carbocycles. The predicted molar refractivity (Wildman–Crippen MR) is 53.5 cm³/mol. The van der Waals surface area contributed by atoms with Crippen molar-refractivity contribution in [2.75, 3.05) is 6.54 Å². The number of hydrogen-bond donors (Lipinski definition) is 1. The molecule has 0 spiro atoms. The largest absolute Gasteiger partial charge is 0.392 e. The first-order valence-electron chi connectivity index (χ1n) is 4.74. The molecule has 1 aliphatic heterocycles. The Labute approximate surface area is 87.1 Å². The molecule has 4 heteroatoms. The highest BCUT2D eigenvalue weighted by Gasteiger charge is 2.35. The molecule has 1 N–H and O–H groups in total. The van der Waals surface area contributed by atoms with Gasteiger partial charge in [0.25, 0.3) is 11.8 Å². The van der Waals surface area contributed by atoms with Crippen LogP contribution in [0.1, 0.15) is 27.6 Å². The fourth-order valence-electron chi connectivity index (χ4n) is 1.67. The Morgan fingerprint density at radius 2 is 1.67 bits per heavy atom. The van der Waals surface area contributed by atoms with Crippen LogP contribution in [0.3, 0.4) is 0 Å². The van der Waals surface area contributed by atoms with Crippen LogP contribution in [-0.4, -0.2) is 34.5 Å². The summed E-state index contributed by atoms with van der Waals surface area (Å²) in [5.41, 5.74) is 0.839. The SMILES string of the molecule is CC(O)C[15N]1C(=O)c2ccccc2C1=O. The summed E-state index contributed by atoms with van der Waals surface area (Å²) >= 11 is 0. The van der Waals surface area contributed by atoms with Crippen LogP contribution in [0.5, 0.6) is 0 Å². The van der Waals surface area contributed by atoms with E-state index in [9.17, 15) is 14.7 Å². The van der Waals surface area contributed by atoms with Gasteiger partial charge in [-0.3, -0.25) is 14.5 Å². The maximum atomic E-state index is 11.7. The molecule has 0 aromatic heterocycles. The number of nitrogens with zero attached hydrogens (tertiary/aromatic N) is 1. The lowest BCUT2D eigenvalue weighted by molar-refractivity contribution is 0.0563. The van der Waals surface area contributed by atoms with Crippen molar-refractivity contribution in [2.45, 2.75) is 13.0 Å². The number of carbonyl (C=O) groups excluding carboxylic acids is 2. The molecular formula is C11H11NO3. The van der Waals surface area contributed by atoms with E-state index in [1.807, 2.05) is 0 Å². The highest BCUT2D eigenvalue weighted by Crippen LogP contribution is 2.22. The molecule has 1 aliphatic rings. The third kappa shape index (κ3) is 1.53. The lowest BCUT2D eigenvalue weighted by Gasteiger charge is -2.15. The lowest BCUT2D eigenvalue weighted by atomic mass is 10.1. The Balaban J connectivity index is 2.37. The van der Waals surface area contributed by atoms with Crippen molar-refractivity contribution >= 4 is 11.8 Å². The molecule has 0 bridgehead atoms. The Morgan fingerprint density at radius 1 is 1.20 bits per heavy atom. The highest BCUT2D eigenvalue weighted by atomic mass is 16.3. The normalized spacial score (nSPS) is 16.8. The molecule has 15 heavy (non-hydrogen) atoms. The van der Waals surface area contributed by atoms with E-state index in [0.29, 0.717) is 11.1 Å². The average molecular weight is 206 g/mol. The predicted octanol–water partition coefficient (Wildman–Crippen LogP) is 0.663. The van der Waals surface area contributed by atoms with Crippen LogP contribution >= 0.6 is 0 Å². The highest BCUT2D eigenvalue weighted by molar-refractivity contribution is 6.21. The molecule has 1 atom stereocenters. The maximum absolute atomic E-state index is 11.7. The van der Waals surface area contributed by atoms with E-state index in [1.54, 1.807) is 31.2 Å². The number of benzene rings is 1. The van der Waals surface area contributed by atoms with Crippen LogP contribution < -0.4 is 0 Å². The molecule has 4 nitrogen and oxygen atoms in total. The van der Waals surface area contributed by atoms with Crippen LogP contribution in [0.2, 0.25) is 0 Å². The van der Waals surface area contributed by atoms with E-state index < -0.39 is 6.10 Å². The van der Waals surface area contributed by atoms with E-state index in [2.05, 4.69) is 0 Å². The van der Waals surface area contributed by atoms with E-state index in [-0.39, 0.29) is 18.4 Å². The number of fused-ring (bicyclic) bond motifs is 1. The van der Waals surface area contributed by atoms with Gasteiger partial charge in [-0.1, -0.05) is 12.1 Å². The lowest BCUT2D eigenvalue weighted by Crippen LogP contribution is -2.35. The molecule has 0 saturated carbocycles. The molecular weight excluding hydrogens is 195 g/mol. The number of aliphatic hydroxyl groups excluding tert-OH is 1. The fraction of sp³-hybridized carbons (Fsp3) is 0.273. The van der Waals surface area contributed by atoms with Crippen LogP contribution in [0.15, 0.2) is 24.3 Å². The van der Waals surface area contributed by atoms with Crippen molar-refractivity contribution in [1.29, 1.82) is 0 Å². The minimum Gasteiger partial charge on any atom is -0.392 e. The molecule has 2 amide bonds. The molecule has 0 fully saturated rings. The summed E-state index contributed by atoms with van der Waals surface area (Å²) in [5.74, 6) is -0.645. The number of aliphatic hydroxyl groups is 1. The summed E-state index contributed by atoms with van der Waals surface area (Å²) in [6.07, 6.45) is -0.702. The molecule has 0 radical (unpaired) electrons. The van der Waals surface area contributed by atoms with Gasteiger partial charge in [0, 0.05) is 0 Å². The summed E-state index contributed by atoms with van der Waals surface area (Å²) in [4.78, 5) is 24.6. The van der Waals surface area contributed by atoms with Gasteiger partial charge in [0.1, 0.15) is 0 Å². The second kappa shape index (κ2) is 3.47. The zero-order valence-electron chi connectivity index (χ0n) is 8.30. The molecule has 2 rings (SSSR count). The van der Waals surface area contributed by atoms with Crippen LogP contribution in [0.4, 0.5) is 0 Å². The molecule has 1 aromatic carbocycles. The first-order chi connectivity index (χ1) is 7.11. The number of imide groups is 1. The minimum absolute atomic E-state index is 0.0480. The summed E-state index contributed by atoms with van der Waals surface area (Å²) < 4.78 is 0. The summed E-state index contributed by atoms with van der Waals surface area (Å²) in [7, 11) is 0. The van der Waals surface area contributed by atoms with Crippen LogP contribution in [0.25, 0.3) is 0 Å². The summed E-state index contributed by atoms with van der Waals surface area (Å²) in [5, 5.41) is 9.18. The Kier molecular flexibility index (Phi) is 2.28. The van der Waals surface area contributed by atoms with E-state index in [1.165, 1.54) is 0 Å². The van der Waals surface area contributed by atoms with Gasteiger partial charge >= 0.3 is 0 Å². The molecule has 78 valence electrons. The number of rotatable bonds is 2. The second-order valence-corrected chi connectivity index (χ2v) is 3.62. The van der Waals surface area contributed by atoms with Gasteiger partial charge in [-0.05, 0) is 19.1 Å². The first kappa shape index (κ1) is 9.86. The number of β-amino-alcohol motifs (C(OH)–C–C–N with tert-alkyl or cyclic N) is 1. The Morgan fingerprint density at radius 3 is 2.07 bits per heavy atom. The third-order valence-corrected chi connectivity index (χ3v) is 2.32. The number of hydrogen-bond acceptors (Lipinski definition) is 3. The van der Waals surface area contributed by atoms with Gasteiger partial charge in [0.05, 0.1) is 23.8 Å². The zero-order chi connectivity index (χ0) is 11.0. The number of amides is 2. The van der Waals surface area contributed by atoms with Crippen LogP contribution in [0, 0.1) is 0 Å². The average Bonchev–Trinajstić information content (AvgIpc) is 2.44. The zero-order valence-corrected chi connectivity index (χ0v) is 8.30. The monoisotopic (exact) mass is 206 g/mol. The third-order valence-electron chi connectivity index (χ3n) is 2.32. The molecule has 1 aromatic rings. The van der Waals surface area contributed by atoms with Crippen molar-refractivity contribution < 1.29 is 14.7 Å². The second-order valence-electron chi connectivity index (χ2n) is 3.62. The Bertz CT molecular complexity index is 391. The van der Waals surface area contributed by atoms with Crippen molar-refractivity contribution in [3.8, 4) is 0 Å². The van der Waals surface area contributed by atoms with Crippen molar-refractivity contribution in [2.24, 2.45) is 0 Å². The van der Waals surface area contributed by atoms with Gasteiger partial charge in [-0.2, -0.15) is 0 Å². The molecule has 0 saturated heterocycles. The van der Waals surface area contributed by atoms with Crippen molar-refractivity contribution in [3.05, 3.63) is 35.4 Å². The van der Waals surface area contributed by atoms with E-state index in [4.69, 9.17) is 0 Å². The number of carbonyl (C=O) groups is 2. The van der Waals surface area contributed by atoms with E-state index >= 15 is 0 Å². The first-order valence-corrected chi connectivity index (χ1v) is 4.74. The molecule has 1 heterocycles. The Hall–Kier alpha value is -1.68. The topological polar surface area (TPSA) is 57.6 Å². The summed E-state index contributed by atoms with van der Waals surface area (Å²) in [6, 6.07) is 6.68. The van der Waals surface area contributed by atoms with Gasteiger partial charge < -0.3 is 5.11 Å². The van der Waals surface area contributed by atoms with E-state index in [0.717, 1.165) is 4.90 Å². The van der Waals surface area contributed by atoms with Gasteiger partial charge in [0.2, 0.25) is 0 Å². The standard InChI is InChI=1S/C11H11NO3/c1-7(13)6-12-10(14)8-4-2-3-5-9(8)11(12)15/h2-5,7,13H,6H2,1H3/i12+1. The van der Waals surface area contributed by atoms with Crippen molar-refractivity contribution in [3.63, 3.8) is 0 Å². The van der Waals surface area contributed by atoms with Crippen molar-refractivity contribution in [1.82, 2.24) is 4.90 Å². The minimum atomic E-state index is -0.702. The smallest absolute Gasteiger partial charge is 0.261 e. The summed E-state index contributed by atoms with van der Waals surface area (Å²) in [6.45, 7) is 1.59.